The zero-order valence-electron chi connectivity index (χ0n) is 15.3. The van der Waals surface area contributed by atoms with E-state index in [0.29, 0.717) is 22.8 Å². The Hall–Kier alpha value is -0.660. The molecule has 3 heterocycles. The van der Waals surface area contributed by atoms with E-state index in [0.717, 1.165) is 39.1 Å². The molecule has 2 unspecified atom stereocenters. The highest BCUT2D eigenvalue weighted by Gasteiger charge is 2.54. The molecule has 5 nitrogen and oxygen atoms in total. The van der Waals surface area contributed by atoms with E-state index < -0.39 is 0 Å². The molecule has 2 atom stereocenters. The molecule has 2 bridgehead atoms. The molecule has 0 spiro atoms. The van der Waals surface area contributed by atoms with Crippen LogP contribution in [0.5, 0.6) is 0 Å². The van der Waals surface area contributed by atoms with Crippen LogP contribution in [0.4, 0.5) is 0 Å². The molecule has 146 valence electrons. The summed E-state index contributed by atoms with van der Waals surface area (Å²) < 4.78 is 11.8. The van der Waals surface area contributed by atoms with Crippen LogP contribution in [0.25, 0.3) is 0 Å². The van der Waals surface area contributed by atoms with Crippen LogP contribution in [0.2, 0.25) is 0 Å². The molecule has 3 aliphatic rings. The second-order valence-electron chi connectivity index (χ2n) is 7.65. The van der Waals surface area contributed by atoms with E-state index in [9.17, 15) is 4.79 Å². The van der Waals surface area contributed by atoms with Gasteiger partial charge in [0.1, 0.15) is 5.60 Å². The van der Waals surface area contributed by atoms with E-state index in [1.165, 1.54) is 35.5 Å². The number of amides is 1. The second kappa shape index (κ2) is 8.15. The quantitative estimate of drug-likeness (QED) is 0.843. The third-order valence-corrected chi connectivity index (χ3v) is 7.74. The Morgan fingerprint density at radius 1 is 1.23 bits per heavy atom. The standard InChI is InChI=1S/C19H28N2O3S.ClH/c1-23-19(17-6-5-16(25-17)18(20)22)13-3-2-4-14(19)12-21(11-13)15-7-9-24-10-8-15;/h5-6,13-15H,2-4,7-12H2,1H3,(H2,20,22);1H. The Morgan fingerprint density at radius 3 is 2.42 bits per heavy atom. The first-order valence-corrected chi connectivity index (χ1v) is 10.2. The fourth-order valence-electron chi connectivity index (χ4n) is 5.33. The minimum Gasteiger partial charge on any atom is -0.381 e. The number of rotatable bonds is 4. The van der Waals surface area contributed by atoms with Crippen LogP contribution in [-0.4, -0.2) is 50.3 Å². The molecule has 26 heavy (non-hydrogen) atoms. The predicted molar refractivity (Wildman–Crippen MR) is 105 cm³/mol. The third-order valence-electron chi connectivity index (χ3n) is 6.51. The van der Waals surface area contributed by atoms with E-state index in [-0.39, 0.29) is 23.9 Å². The number of methoxy groups -OCH3 is 1. The normalized spacial score (nSPS) is 32.8. The first kappa shape index (κ1) is 20.1. The van der Waals surface area contributed by atoms with Crippen LogP contribution in [0.1, 0.15) is 46.7 Å². The molecule has 1 aromatic heterocycles. The molecule has 2 aliphatic heterocycles. The second-order valence-corrected chi connectivity index (χ2v) is 8.73. The number of primary amides is 1. The Labute approximate surface area is 165 Å². The van der Waals surface area contributed by atoms with Crippen LogP contribution < -0.4 is 5.73 Å². The van der Waals surface area contributed by atoms with Crippen molar-refractivity contribution in [1.29, 1.82) is 0 Å². The van der Waals surface area contributed by atoms with Crippen molar-refractivity contribution in [3.05, 3.63) is 21.9 Å². The monoisotopic (exact) mass is 400 g/mol. The molecule has 1 aliphatic carbocycles. The molecule has 4 rings (SSSR count). The van der Waals surface area contributed by atoms with Gasteiger partial charge in [-0.1, -0.05) is 6.42 Å². The van der Waals surface area contributed by atoms with Crippen LogP contribution >= 0.6 is 23.7 Å². The average molecular weight is 401 g/mol. The molecule has 1 amide bonds. The Balaban J connectivity index is 0.00000196. The van der Waals surface area contributed by atoms with Crippen molar-refractivity contribution in [2.45, 2.75) is 43.7 Å². The number of fused-ring (bicyclic) bond motifs is 2. The molecule has 2 saturated heterocycles. The van der Waals surface area contributed by atoms with Gasteiger partial charge in [-0.3, -0.25) is 9.69 Å². The Kier molecular flexibility index (Phi) is 6.29. The number of carbonyl (C=O) groups excluding carboxylic acids is 1. The van der Waals surface area contributed by atoms with E-state index >= 15 is 0 Å². The van der Waals surface area contributed by atoms with Crippen LogP contribution in [0.3, 0.4) is 0 Å². The zero-order chi connectivity index (χ0) is 17.4. The van der Waals surface area contributed by atoms with Crippen molar-refractivity contribution in [2.24, 2.45) is 17.6 Å². The van der Waals surface area contributed by atoms with Gasteiger partial charge < -0.3 is 15.2 Å². The number of hydrogen-bond donors (Lipinski definition) is 1. The van der Waals surface area contributed by atoms with Gasteiger partial charge in [-0.15, -0.1) is 23.7 Å². The molecule has 0 aromatic carbocycles. The molecule has 0 radical (unpaired) electrons. The number of halogens is 1. The van der Waals surface area contributed by atoms with Crippen molar-refractivity contribution in [3.8, 4) is 0 Å². The highest BCUT2D eigenvalue weighted by atomic mass is 35.5. The number of hydrogen-bond acceptors (Lipinski definition) is 5. The summed E-state index contributed by atoms with van der Waals surface area (Å²) in [6, 6.07) is 4.59. The minimum atomic E-state index is -0.340. The lowest BCUT2D eigenvalue weighted by Crippen LogP contribution is -2.61. The van der Waals surface area contributed by atoms with Gasteiger partial charge in [0, 0.05) is 56.2 Å². The minimum absolute atomic E-state index is 0. The maximum Gasteiger partial charge on any atom is 0.258 e. The number of piperidine rings is 1. The lowest BCUT2D eigenvalue weighted by molar-refractivity contribution is -0.175. The number of carbonyl (C=O) groups is 1. The summed E-state index contributed by atoms with van der Waals surface area (Å²) in [5.74, 6) is 0.617. The summed E-state index contributed by atoms with van der Waals surface area (Å²) in [6.07, 6.45) is 5.94. The highest BCUT2D eigenvalue weighted by Crippen LogP contribution is 2.53. The third kappa shape index (κ3) is 3.31. The van der Waals surface area contributed by atoms with Crippen molar-refractivity contribution in [1.82, 2.24) is 4.90 Å². The van der Waals surface area contributed by atoms with E-state index in [4.69, 9.17) is 15.2 Å². The van der Waals surface area contributed by atoms with Gasteiger partial charge >= 0.3 is 0 Å². The van der Waals surface area contributed by atoms with E-state index in [1.807, 2.05) is 13.2 Å². The number of thiophene rings is 1. The number of nitrogens with zero attached hydrogens (tertiary/aromatic N) is 1. The summed E-state index contributed by atoms with van der Waals surface area (Å²) >= 11 is 1.53. The average Bonchev–Trinajstić information content (AvgIpc) is 3.12. The maximum atomic E-state index is 11.6. The molecule has 7 heteroatoms. The topological polar surface area (TPSA) is 64.8 Å². The summed E-state index contributed by atoms with van der Waals surface area (Å²) in [5.41, 5.74) is 5.24. The number of nitrogens with two attached hydrogens (primary N) is 1. The van der Waals surface area contributed by atoms with Gasteiger partial charge in [0.15, 0.2) is 0 Å². The van der Waals surface area contributed by atoms with E-state index in [2.05, 4.69) is 11.0 Å². The van der Waals surface area contributed by atoms with E-state index in [1.54, 1.807) is 0 Å². The molecule has 2 N–H and O–H groups in total. The predicted octanol–water partition coefficient (Wildman–Crippen LogP) is 3.02. The molecule has 3 fully saturated rings. The fourth-order valence-corrected chi connectivity index (χ4v) is 6.52. The van der Waals surface area contributed by atoms with Crippen molar-refractivity contribution < 1.29 is 14.3 Å². The SMILES string of the molecule is COC1(c2ccc(C(N)=O)s2)C2CCCC1CN(C1CCOCC1)C2.Cl. The summed E-state index contributed by atoms with van der Waals surface area (Å²) in [6.45, 7) is 3.94. The van der Waals surface area contributed by atoms with Gasteiger partial charge in [-0.25, -0.2) is 0 Å². The van der Waals surface area contributed by atoms with Gasteiger partial charge in [0.25, 0.3) is 5.91 Å². The van der Waals surface area contributed by atoms with Crippen LogP contribution in [-0.2, 0) is 15.1 Å². The Morgan fingerprint density at radius 2 is 1.88 bits per heavy atom. The highest BCUT2D eigenvalue weighted by molar-refractivity contribution is 7.14. The smallest absolute Gasteiger partial charge is 0.258 e. The van der Waals surface area contributed by atoms with Gasteiger partial charge in [-0.05, 0) is 37.8 Å². The van der Waals surface area contributed by atoms with Crippen LogP contribution in [0.15, 0.2) is 12.1 Å². The zero-order valence-corrected chi connectivity index (χ0v) is 16.9. The molecular weight excluding hydrogens is 372 g/mol. The maximum absolute atomic E-state index is 11.6. The van der Waals surface area contributed by atoms with Gasteiger partial charge in [0.05, 0.1) is 4.88 Å². The van der Waals surface area contributed by atoms with Gasteiger partial charge in [-0.2, -0.15) is 0 Å². The molecular formula is C19H29ClN2O3S. The number of ether oxygens (including phenoxy) is 2. The summed E-state index contributed by atoms with van der Waals surface area (Å²) in [7, 11) is 1.85. The first-order chi connectivity index (χ1) is 12.1. The Bertz CT molecular complexity index is 618. The molecule has 1 aromatic rings. The lowest BCUT2D eigenvalue weighted by Gasteiger charge is -2.56. The lowest BCUT2D eigenvalue weighted by atomic mass is 9.64. The first-order valence-electron chi connectivity index (χ1n) is 9.42. The largest absolute Gasteiger partial charge is 0.381 e. The van der Waals surface area contributed by atoms with Crippen molar-refractivity contribution in [2.75, 3.05) is 33.4 Å². The summed E-state index contributed by atoms with van der Waals surface area (Å²) in [5, 5.41) is 0. The van der Waals surface area contributed by atoms with Crippen LogP contribution in [0, 0.1) is 11.8 Å². The number of likely N-dealkylation sites (tertiary alicyclic amines) is 1. The van der Waals surface area contributed by atoms with Gasteiger partial charge in [0.2, 0.25) is 0 Å². The molecule has 1 saturated carbocycles. The van der Waals surface area contributed by atoms with Crippen molar-refractivity contribution in [3.63, 3.8) is 0 Å². The summed E-state index contributed by atoms with van der Waals surface area (Å²) in [4.78, 5) is 16.1. The fraction of sp³-hybridized carbons (Fsp3) is 0.737. The van der Waals surface area contributed by atoms with Crippen molar-refractivity contribution >= 4 is 29.7 Å².